The highest BCUT2D eigenvalue weighted by atomic mass is 15.0. The molecule has 1 aliphatic rings. The van der Waals surface area contributed by atoms with Crippen LogP contribution in [0, 0.1) is 6.92 Å². The molecule has 4 nitrogen and oxygen atoms in total. The van der Waals surface area contributed by atoms with Crippen molar-refractivity contribution in [2.45, 2.75) is 32.9 Å². The van der Waals surface area contributed by atoms with Gasteiger partial charge in [-0.2, -0.15) is 0 Å². The van der Waals surface area contributed by atoms with E-state index < -0.39 is 0 Å². The smallest absolute Gasteiger partial charge is 0.0604 e. The molecule has 3 heterocycles. The van der Waals surface area contributed by atoms with E-state index in [1.54, 1.807) is 12.4 Å². The van der Waals surface area contributed by atoms with Crippen LogP contribution in [0.15, 0.2) is 36.8 Å². The topological polar surface area (TPSA) is 42.7 Å². The Hall–Kier alpha value is -2.20. The Kier molecular flexibility index (Phi) is 3.39. The molecule has 1 aliphatic heterocycles. The summed E-state index contributed by atoms with van der Waals surface area (Å²) in [6.45, 7) is 5.17. The van der Waals surface area contributed by atoms with E-state index in [0.29, 0.717) is 0 Å². The third kappa shape index (κ3) is 2.29. The third-order valence-corrected chi connectivity index (χ3v) is 4.49. The Morgan fingerprint density at radius 3 is 3.09 bits per heavy atom. The first kappa shape index (κ1) is 13.5. The number of hydrogen-bond acceptors (Lipinski definition) is 3. The highest BCUT2D eigenvalue weighted by Gasteiger charge is 2.19. The zero-order valence-corrected chi connectivity index (χ0v) is 12.8. The van der Waals surface area contributed by atoms with Gasteiger partial charge in [-0.25, -0.2) is 0 Å². The van der Waals surface area contributed by atoms with Crippen molar-refractivity contribution >= 4 is 10.9 Å². The molecule has 22 heavy (non-hydrogen) atoms. The fraction of sp³-hybridized carbons (Fsp3) is 0.333. The molecule has 1 aromatic carbocycles. The van der Waals surface area contributed by atoms with Gasteiger partial charge < -0.3 is 9.88 Å². The number of fused-ring (bicyclic) bond motifs is 3. The lowest BCUT2D eigenvalue weighted by Gasteiger charge is -2.17. The second-order valence-corrected chi connectivity index (χ2v) is 5.97. The number of benzene rings is 1. The molecule has 0 saturated carbocycles. The van der Waals surface area contributed by atoms with E-state index in [1.165, 1.54) is 27.7 Å². The SMILES string of the molecule is Cc1ccc2c(c1)c1c(n2CCc2cnccn2)CCNC1. The Morgan fingerprint density at radius 2 is 2.23 bits per heavy atom. The summed E-state index contributed by atoms with van der Waals surface area (Å²) in [5.41, 5.74) is 6.70. The number of hydrogen-bond donors (Lipinski definition) is 1. The van der Waals surface area contributed by atoms with Gasteiger partial charge in [0.25, 0.3) is 0 Å². The molecule has 0 aliphatic carbocycles. The first-order chi connectivity index (χ1) is 10.8. The molecule has 0 bridgehead atoms. The van der Waals surface area contributed by atoms with Crippen molar-refractivity contribution in [2.24, 2.45) is 0 Å². The Morgan fingerprint density at radius 1 is 1.27 bits per heavy atom. The van der Waals surface area contributed by atoms with E-state index in [4.69, 9.17) is 0 Å². The molecular weight excluding hydrogens is 272 g/mol. The number of aromatic nitrogens is 3. The van der Waals surface area contributed by atoms with E-state index in [1.807, 2.05) is 6.20 Å². The number of aryl methyl sites for hydroxylation is 3. The summed E-state index contributed by atoms with van der Waals surface area (Å²) < 4.78 is 2.49. The van der Waals surface area contributed by atoms with Gasteiger partial charge in [0, 0.05) is 67.7 Å². The largest absolute Gasteiger partial charge is 0.344 e. The minimum atomic E-state index is 0.922. The zero-order valence-electron chi connectivity index (χ0n) is 12.8. The normalized spacial score (nSPS) is 14.2. The summed E-state index contributed by atoms with van der Waals surface area (Å²) >= 11 is 0. The van der Waals surface area contributed by atoms with Crippen LogP contribution in [0.1, 0.15) is 22.5 Å². The highest BCUT2D eigenvalue weighted by molar-refractivity contribution is 5.86. The first-order valence-corrected chi connectivity index (χ1v) is 7.89. The van der Waals surface area contributed by atoms with Crippen LogP contribution < -0.4 is 5.32 Å². The summed E-state index contributed by atoms with van der Waals surface area (Å²) in [4.78, 5) is 8.56. The van der Waals surface area contributed by atoms with Crippen molar-refractivity contribution in [1.29, 1.82) is 0 Å². The van der Waals surface area contributed by atoms with Crippen LogP contribution in [0.2, 0.25) is 0 Å². The molecule has 2 aromatic heterocycles. The quantitative estimate of drug-likeness (QED) is 0.807. The van der Waals surface area contributed by atoms with Crippen molar-refractivity contribution in [3.05, 3.63) is 59.3 Å². The molecule has 0 atom stereocenters. The van der Waals surface area contributed by atoms with E-state index >= 15 is 0 Å². The van der Waals surface area contributed by atoms with Gasteiger partial charge in [-0.05, 0) is 24.6 Å². The monoisotopic (exact) mass is 292 g/mol. The minimum Gasteiger partial charge on any atom is -0.344 e. The van der Waals surface area contributed by atoms with Gasteiger partial charge in [0.15, 0.2) is 0 Å². The van der Waals surface area contributed by atoms with Gasteiger partial charge in [-0.1, -0.05) is 11.6 Å². The summed E-state index contributed by atoms with van der Waals surface area (Å²) in [7, 11) is 0. The van der Waals surface area contributed by atoms with Gasteiger partial charge in [0.1, 0.15) is 0 Å². The van der Waals surface area contributed by atoms with Gasteiger partial charge in [0.2, 0.25) is 0 Å². The molecule has 4 rings (SSSR count). The van der Waals surface area contributed by atoms with Crippen LogP contribution in [0.5, 0.6) is 0 Å². The van der Waals surface area contributed by atoms with E-state index in [9.17, 15) is 0 Å². The van der Waals surface area contributed by atoms with Crippen molar-refractivity contribution in [3.8, 4) is 0 Å². The van der Waals surface area contributed by atoms with E-state index in [0.717, 1.165) is 38.2 Å². The Labute approximate surface area is 130 Å². The maximum Gasteiger partial charge on any atom is 0.0604 e. The fourth-order valence-corrected chi connectivity index (χ4v) is 3.43. The van der Waals surface area contributed by atoms with Crippen LogP contribution >= 0.6 is 0 Å². The summed E-state index contributed by atoms with van der Waals surface area (Å²) in [6, 6.07) is 6.79. The lowest BCUT2D eigenvalue weighted by Crippen LogP contribution is -2.24. The molecule has 4 heteroatoms. The maximum atomic E-state index is 4.40. The molecule has 0 saturated heterocycles. The zero-order chi connectivity index (χ0) is 14.9. The maximum absolute atomic E-state index is 4.40. The number of nitrogens with zero attached hydrogens (tertiary/aromatic N) is 3. The number of nitrogens with one attached hydrogen (secondary N) is 1. The Balaban J connectivity index is 1.76. The average molecular weight is 292 g/mol. The van der Waals surface area contributed by atoms with Crippen LogP contribution in [0.25, 0.3) is 10.9 Å². The van der Waals surface area contributed by atoms with Crippen LogP contribution in [0.3, 0.4) is 0 Å². The molecule has 112 valence electrons. The third-order valence-electron chi connectivity index (χ3n) is 4.49. The lowest BCUT2D eigenvalue weighted by atomic mass is 10.0. The van der Waals surface area contributed by atoms with E-state index in [2.05, 4.69) is 45.0 Å². The molecule has 0 spiro atoms. The van der Waals surface area contributed by atoms with Crippen LogP contribution in [-0.2, 0) is 25.9 Å². The number of rotatable bonds is 3. The molecule has 0 amide bonds. The van der Waals surface area contributed by atoms with Gasteiger partial charge in [-0.15, -0.1) is 0 Å². The van der Waals surface area contributed by atoms with Gasteiger partial charge >= 0.3 is 0 Å². The summed E-state index contributed by atoms with van der Waals surface area (Å²) in [5.74, 6) is 0. The highest BCUT2D eigenvalue weighted by Crippen LogP contribution is 2.29. The second kappa shape index (κ2) is 5.54. The molecule has 3 aromatic rings. The van der Waals surface area contributed by atoms with Crippen molar-refractivity contribution in [1.82, 2.24) is 19.9 Å². The van der Waals surface area contributed by atoms with Crippen molar-refractivity contribution in [3.63, 3.8) is 0 Å². The molecule has 0 fully saturated rings. The van der Waals surface area contributed by atoms with Gasteiger partial charge in [0.05, 0.1) is 5.69 Å². The molecule has 0 unspecified atom stereocenters. The lowest BCUT2D eigenvalue weighted by molar-refractivity contribution is 0.592. The van der Waals surface area contributed by atoms with Crippen molar-refractivity contribution in [2.75, 3.05) is 6.54 Å². The Bertz CT molecular complexity index is 805. The van der Waals surface area contributed by atoms with Gasteiger partial charge in [-0.3, -0.25) is 9.97 Å². The van der Waals surface area contributed by atoms with Crippen LogP contribution in [-0.4, -0.2) is 21.1 Å². The molecule has 1 N–H and O–H groups in total. The standard InChI is InChI=1S/C18H20N4/c1-13-2-3-17-15(10-13)16-12-19-6-4-18(16)22(17)9-5-14-11-20-7-8-21-14/h2-3,7-8,10-11,19H,4-6,9,12H2,1H3. The second-order valence-electron chi connectivity index (χ2n) is 5.97. The molecular formula is C18H20N4. The van der Waals surface area contributed by atoms with E-state index in [-0.39, 0.29) is 0 Å². The summed E-state index contributed by atoms with van der Waals surface area (Å²) in [6.07, 6.45) is 7.38. The van der Waals surface area contributed by atoms with Crippen LogP contribution in [0.4, 0.5) is 0 Å². The first-order valence-electron chi connectivity index (χ1n) is 7.89. The predicted molar refractivity (Wildman–Crippen MR) is 87.8 cm³/mol. The summed E-state index contributed by atoms with van der Waals surface area (Å²) in [5, 5.41) is 4.91. The molecule has 0 radical (unpaired) electrons. The minimum absolute atomic E-state index is 0.922. The predicted octanol–water partition coefficient (Wildman–Crippen LogP) is 2.63. The van der Waals surface area contributed by atoms with Crippen molar-refractivity contribution < 1.29 is 0 Å². The average Bonchev–Trinajstić information content (AvgIpc) is 2.87. The fourth-order valence-electron chi connectivity index (χ4n) is 3.43.